The fraction of sp³-hybridized carbons (Fsp3) is 0.366. The molecule has 304 valence electrons. The highest BCUT2D eigenvalue weighted by atomic mass is 35.5. The number of non-ortho nitro benzene ring substituents is 2. The first-order valence-corrected chi connectivity index (χ1v) is 20.8. The van der Waals surface area contributed by atoms with Gasteiger partial charge in [-0.25, -0.2) is 9.59 Å². The number of thioether (sulfide) groups is 2. The lowest BCUT2D eigenvalue weighted by atomic mass is 9.95. The summed E-state index contributed by atoms with van der Waals surface area (Å²) < 4.78 is 36.3. The molecule has 3 saturated heterocycles. The third-order valence-electron chi connectivity index (χ3n) is 9.80. The van der Waals surface area contributed by atoms with E-state index in [4.69, 9.17) is 40.0 Å². The van der Waals surface area contributed by atoms with Crippen molar-refractivity contribution in [3.05, 3.63) is 144 Å². The molecule has 0 radical (unpaired) electrons. The Balaban J connectivity index is 1.28. The van der Waals surface area contributed by atoms with Crippen LogP contribution in [0.5, 0.6) is 5.75 Å². The van der Waals surface area contributed by atoms with Gasteiger partial charge in [0.15, 0.2) is 18.0 Å². The maximum absolute atomic E-state index is 14.2. The molecular formula is C41H39ClN2O12S2. The number of fused-ring (bicyclic) bond motifs is 1. The highest BCUT2D eigenvalue weighted by Crippen LogP contribution is 2.57. The highest BCUT2D eigenvalue weighted by molar-refractivity contribution is 8.18. The van der Waals surface area contributed by atoms with Crippen molar-refractivity contribution < 1.29 is 47.9 Å². The van der Waals surface area contributed by atoms with Gasteiger partial charge in [0.1, 0.15) is 22.0 Å². The number of esters is 2. The molecule has 58 heavy (non-hydrogen) atoms. The molecular weight excluding hydrogens is 812 g/mol. The maximum Gasteiger partial charge on any atom is 0.340 e. The molecule has 0 saturated carbocycles. The second kappa shape index (κ2) is 17.3. The first-order chi connectivity index (χ1) is 27.8. The van der Waals surface area contributed by atoms with E-state index in [1.54, 1.807) is 37.4 Å². The van der Waals surface area contributed by atoms with Gasteiger partial charge in [0.2, 0.25) is 6.29 Å². The molecule has 0 aliphatic carbocycles. The SMILES string of the molecule is CCOc1ccc(Cc2cc(C3([C@H](OC(=O)c4ccc([N+](=O)[O-])cc4)[C@H]4O[C@H](OC(=O)c5ccc([N+](=O)[O-])cc5)[C@H]5OC(C)(C)O[C@H]54)SCCCS3)ccc2Cl)cc1. The average molecular weight is 851 g/mol. The maximum atomic E-state index is 14.2. The lowest BCUT2D eigenvalue weighted by Gasteiger charge is -2.45. The van der Waals surface area contributed by atoms with E-state index >= 15 is 0 Å². The van der Waals surface area contributed by atoms with Gasteiger partial charge < -0.3 is 28.4 Å². The van der Waals surface area contributed by atoms with Crippen LogP contribution in [0.15, 0.2) is 91.0 Å². The molecule has 17 heteroatoms. The van der Waals surface area contributed by atoms with Crippen LogP contribution in [0.3, 0.4) is 0 Å². The Bertz CT molecular complexity index is 2170. The molecule has 3 aliphatic heterocycles. The van der Waals surface area contributed by atoms with E-state index in [1.165, 1.54) is 48.5 Å². The molecule has 7 rings (SSSR count). The number of ether oxygens (including phenoxy) is 6. The zero-order chi connectivity index (χ0) is 41.2. The van der Waals surface area contributed by atoms with Crippen molar-refractivity contribution in [1.29, 1.82) is 0 Å². The fourth-order valence-electron chi connectivity index (χ4n) is 7.15. The van der Waals surface area contributed by atoms with Gasteiger partial charge in [-0.3, -0.25) is 20.2 Å². The van der Waals surface area contributed by atoms with Gasteiger partial charge in [0, 0.05) is 29.3 Å². The van der Waals surface area contributed by atoms with Crippen molar-refractivity contribution in [3.8, 4) is 5.75 Å². The second-order valence-electron chi connectivity index (χ2n) is 14.2. The summed E-state index contributed by atoms with van der Waals surface area (Å²) >= 11 is 10.0. The predicted octanol–water partition coefficient (Wildman–Crippen LogP) is 8.50. The normalized spacial score (nSPS) is 22.3. The zero-order valence-electron chi connectivity index (χ0n) is 31.6. The zero-order valence-corrected chi connectivity index (χ0v) is 34.0. The summed E-state index contributed by atoms with van der Waals surface area (Å²) in [5.41, 5.74) is 2.35. The monoisotopic (exact) mass is 850 g/mol. The van der Waals surface area contributed by atoms with Gasteiger partial charge in [0.05, 0.1) is 27.6 Å². The number of nitro groups is 2. The van der Waals surface area contributed by atoms with Crippen LogP contribution in [0.4, 0.5) is 11.4 Å². The van der Waals surface area contributed by atoms with Crippen molar-refractivity contribution in [1.82, 2.24) is 0 Å². The number of carbonyl (C=O) groups is 2. The van der Waals surface area contributed by atoms with Crippen molar-refractivity contribution in [3.63, 3.8) is 0 Å². The molecule has 3 fully saturated rings. The molecule has 4 aromatic rings. The second-order valence-corrected chi connectivity index (χ2v) is 17.5. The Morgan fingerprint density at radius 1 is 0.845 bits per heavy atom. The van der Waals surface area contributed by atoms with Crippen LogP contribution in [0, 0.1) is 20.2 Å². The Kier molecular flexibility index (Phi) is 12.3. The van der Waals surface area contributed by atoms with Gasteiger partial charge in [-0.1, -0.05) is 35.9 Å². The quantitative estimate of drug-likeness (QED) is 0.0711. The van der Waals surface area contributed by atoms with Gasteiger partial charge >= 0.3 is 11.9 Å². The number of hydrogen-bond donors (Lipinski definition) is 0. The van der Waals surface area contributed by atoms with E-state index in [2.05, 4.69) is 0 Å². The molecule has 0 amide bonds. The molecule has 0 aromatic heterocycles. The molecule has 5 atom stereocenters. The van der Waals surface area contributed by atoms with Gasteiger partial charge in [-0.15, -0.1) is 23.5 Å². The van der Waals surface area contributed by atoms with E-state index in [-0.39, 0.29) is 22.5 Å². The van der Waals surface area contributed by atoms with Crippen molar-refractivity contribution >= 4 is 58.4 Å². The number of nitrogens with zero attached hydrogens (tertiary/aromatic N) is 2. The fourth-order valence-corrected chi connectivity index (χ4v) is 10.8. The van der Waals surface area contributed by atoms with E-state index in [0.29, 0.717) is 29.6 Å². The summed E-state index contributed by atoms with van der Waals surface area (Å²) in [5, 5.41) is 23.2. The Labute approximate surface area is 347 Å². The Morgan fingerprint density at radius 2 is 1.43 bits per heavy atom. The Hall–Kier alpha value is -4.71. The lowest BCUT2D eigenvalue weighted by Crippen LogP contribution is -2.51. The lowest BCUT2D eigenvalue weighted by molar-refractivity contribution is -0.385. The van der Waals surface area contributed by atoms with Gasteiger partial charge in [-0.05, 0) is 104 Å². The smallest absolute Gasteiger partial charge is 0.340 e. The number of carbonyl (C=O) groups excluding carboxylic acids is 2. The topological polar surface area (TPSA) is 176 Å². The summed E-state index contributed by atoms with van der Waals surface area (Å²) in [6, 6.07) is 23.6. The van der Waals surface area contributed by atoms with Crippen molar-refractivity contribution in [2.75, 3.05) is 18.1 Å². The number of halogens is 1. The first-order valence-electron chi connectivity index (χ1n) is 18.5. The standard InChI is InChI=1S/C41H39ClN2O12S2/c1-4-51-31-17-6-24(7-18-31)22-27-23-28(12-19-32(27)42)41(57-20-5-21-58-41)36(53-37(45)25-8-13-29(14-9-25)43(47)48)34-33-35(56-40(2,3)55-33)39(52-34)54-38(46)26-10-15-30(16-11-26)44(49)50/h6-19,23,33-36,39H,4-5,20-22H2,1-3H3/t33-,34-,35-,36+,39+/m0/s1. The summed E-state index contributed by atoms with van der Waals surface area (Å²) in [6.07, 6.45) is -4.05. The minimum atomic E-state index is -1.34. The third kappa shape index (κ3) is 8.82. The summed E-state index contributed by atoms with van der Waals surface area (Å²) in [7, 11) is 0. The highest BCUT2D eigenvalue weighted by Gasteiger charge is 2.63. The largest absolute Gasteiger partial charge is 0.494 e. The minimum Gasteiger partial charge on any atom is -0.494 e. The molecule has 4 aromatic carbocycles. The predicted molar refractivity (Wildman–Crippen MR) is 216 cm³/mol. The van der Waals surface area contributed by atoms with Crippen LogP contribution in [0.25, 0.3) is 0 Å². The van der Waals surface area contributed by atoms with Crippen LogP contribution in [-0.2, 0) is 34.2 Å². The van der Waals surface area contributed by atoms with Crippen LogP contribution in [0.1, 0.15) is 64.6 Å². The molecule has 0 bridgehead atoms. The van der Waals surface area contributed by atoms with Crippen molar-refractivity contribution in [2.24, 2.45) is 0 Å². The minimum absolute atomic E-state index is 0.0459. The van der Waals surface area contributed by atoms with E-state index in [1.807, 2.05) is 49.4 Å². The van der Waals surface area contributed by atoms with Crippen LogP contribution in [0.2, 0.25) is 5.02 Å². The summed E-state index contributed by atoms with van der Waals surface area (Å²) in [5.74, 6) is -0.604. The summed E-state index contributed by atoms with van der Waals surface area (Å²) in [6.45, 7) is 5.89. The molecule has 3 aliphatic rings. The van der Waals surface area contributed by atoms with E-state index in [9.17, 15) is 29.8 Å². The van der Waals surface area contributed by atoms with Gasteiger partial charge in [0.25, 0.3) is 11.4 Å². The van der Waals surface area contributed by atoms with Gasteiger partial charge in [-0.2, -0.15) is 0 Å². The van der Waals surface area contributed by atoms with Crippen LogP contribution >= 0.6 is 35.1 Å². The third-order valence-corrected chi connectivity index (χ3v) is 13.7. The molecule has 0 spiro atoms. The number of nitro benzene ring substituents is 2. The van der Waals surface area contributed by atoms with E-state index in [0.717, 1.165) is 28.9 Å². The van der Waals surface area contributed by atoms with E-state index < -0.39 is 62.4 Å². The molecule has 3 heterocycles. The number of hydrogen-bond acceptors (Lipinski definition) is 14. The number of benzene rings is 4. The summed E-state index contributed by atoms with van der Waals surface area (Å²) in [4.78, 5) is 49.2. The Morgan fingerprint density at radius 3 is 2.02 bits per heavy atom. The molecule has 0 N–H and O–H groups in total. The van der Waals surface area contributed by atoms with Crippen LogP contribution < -0.4 is 4.74 Å². The molecule has 0 unspecified atom stereocenters. The first kappa shape index (κ1) is 41.4. The van der Waals surface area contributed by atoms with Crippen molar-refractivity contribution in [2.45, 2.75) is 74.2 Å². The average Bonchev–Trinajstić information content (AvgIpc) is 3.71. The van der Waals surface area contributed by atoms with Crippen LogP contribution in [-0.4, -0.2) is 76.4 Å². The number of rotatable bonds is 13. The molecule has 14 nitrogen and oxygen atoms in total.